The zero-order valence-electron chi connectivity index (χ0n) is 36.6. The Morgan fingerprint density at radius 2 is 0.985 bits per heavy atom. The molecule has 6 aromatic rings. The summed E-state index contributed by atoms with van der Waals surface area (Å²) in [6.45, 7) is 10.7. The molecule has 10 rings (SSSR count). The highest BCUT2D eigenvalue weighted by atomic mass is 16.6. The van der Waals surface area contributed by atoms with Gasteiger partial charge in [-0.05, 0) is 155 Å². The molecule has 1 spiro atoms. The first-order chi connectivity index (χ1) is 31.1. The molecule has 65 heavy (non-hydrogen) atoms. The molecule has 1 atom stereocenters. The van der Waals surface area contributed by atoms with E-state index in [1.54, 1.807) is 86.8 Å². The van der Waals surface area contributed by atoms with Crippen molar-refractivity contribution in [2.24, 2.45) is 0 Å². The van der Waals surface area contributed by atoms with Crippen LogP contribution in [-0.2, 0) is 21.0 Å². The highest BCUT2D eigenvalue weighted by molar-refractivity contribution is 6.16. The van der Waals surface area contributed by atoms with Crippen LogP contribution in [-0.4, -0.2) is 31.6 Å². The molecule has 2 aliphatic heterocycles. The SMILES string of the molecule is C#Cc1ccc(N(C)C(=O)c2cc3c(cc2C=O)Oc2cc4c(cc2O3)C(C)(C)CC42CC(C)(C)c3cc4c(cc32)Oc2cc(C(=O)N(C=O)c3ccc(C#C)cc3)c(C)cc2O4)cc1. The molecule has 0 saturated carbocycles. The summed E-state index contributed by atoms with van der Waals surface area (Å²) in [7, 11) is 1.64. The van der Waals surface area contributed by atoms with Gasteiger partial charge in [0.05, 0.1) is 11.3 Å². The smallest absolute Gasteiger partial charge is 0.265 e. The summed E-state index contributed by atoms with van der Waals surface area (Å²) in [5.41, 5.74) is 6.95. The zero-order chi connectivity index (χ0) is 45.7. The van der Waals surface area contributed by atoms with Crippen LogP contribution in [0.25, 0.3) is 0 Å². The lowest BCUT2D eigenvalue weighted by molar-refractivity contribution is -0.106. The van der Waals surface area contributed by atoms with E-state index in [-0.39, 0.29) is 27.5 Å². The van der Waals surface area contributed by atoms with Crippen LogP contribution in [0.1, 0.15) is 111 Å². The molecule has 0 saturated heterocycles. The van der Waals surface area contributed by atoms with Gasteiger partial charge in [-0.1, -0.05) is 39.5 Å². The molecule has 2 aliphatic carbocycles. The number of imide groups is 1. The number of hydrogen-bond donors (Lipinski definition) is 0. The summed E-state index contributed by atoms with van der Waals surface area (Å²) in [6, 6.07) is 28.4. The maximum absolute atomic E-state index is 13.9. The van der Waals surface area contributed by atoms with E-state index in [9.17, 15) is 19.2 Å². The number of aryl methyl sites for hydroxylation is 1. The van der Waals surface area contributed by atoms with Gasteiger partial charge in [0.1, 0.15) is 0 Å². The minimum atomic E-state index is -0.521. The molecule has 2 heterocycles. The summed E-state index contributed by atoms with van der Waals surface area (Å²) >= 11 is 0. The van der Waals surface area contributed by atoms with Gasteiger partial charge < -0.3 is 23.8 Å². The summed E-state index contributed by atoms with van der Waals surface area (Å²) in [4.78, 5) is 55.0. The Kier molecular flexibility index (Phi) is 9.13. The van der Waals surface area contributed by atoms with Crippen molar-refractivity contribution in [3.63, 3.8) is 0 Å². The van der Waals surface area contributed by atoms with E-state index in [0.717, 1.165) is 40.0 Å². The lowest BCUT2D eigenvalue weighted by Gasteiger charge is -2.31. The third-order valence-electron chi connectivity index (χ3n) is 13.4. The number of fused-ring (bicyclic) bond motifs is 8. The van der Waals surface area contributed by atoms with Crippen LogP contribution in [0.2, 0.25) is 0 Å². The number of hydrogen-bond acceptors (Lipinski definition) is 8. The van der Waals surface area contributed by atoms with Crippen molar-refractivity contribution in [1.82, 2.24) is 0 Å². The Labute approximate surface area is 376 Å². The van der Waals surface area contributed by atoms with Gasteiger partial charge in [0, 0.05) is 40.4 Å². The second-order valence-electron chi connectivity index (χ2n) is 18.4. The molecular formula is C55H42N2O8. The quantitative estimate of drug-likeness (QED) is 0.120. The van der Waals surface area contributed by atoms with Crippen molar-refractivity contribution in [2.45, 2.75) is 63.7 Å². The lowest BCUT2D eigenvalue weighted by atomic mass is 9.72. The summed E-state index contributed by atoms with van der Waals surface area (Å²) in [6.07, 6.45) is 13.7. The van der Waals surface area contributed by atoms with Crippen LogP contribution in [0, 0.1) is 31.6 Å². The molecule has 1 unspecified atom stereocenters. The normalized spacial score (nSPS) is 17.0. The Bertz CT molecular complexity index is 3190. The first kappa shape index (κ1) is 41.0. The Morgan fingerprint density at radius 3 is 1.45 bits per heavy atom. The predicted octanol–water partition coefficient (Wildman–Crippen LogP) is 11.3. The molecule has 0 bridgehead atoms. The number of anilines is 2. The number of aldehydes is 1. The van der Waals surface area contributed by atoms with E-state index in [1.807, 2.05) is 6.07 Å². The molecule has 0 N–H and O–H groups in total. The second kappa shape index (κ2) is 14.5. The van der Waals surface area contributed by atoms with Gasteiger partial charge in [-0.25, -0.2) is 4.90 Å². The van der Waals surface area contributed by atoms with Crippen LogP contribution in [0.4, 0.5) is 11.4 Å². The highest BCUT2D eigenvalue weighted by Crippen LogP contribution is 2.66. The minimum Gasteiger partial charge on any atom is -0.449 e. The fourth-order valence-electron chi connectivity index (χ4n) is 10.3. The maximum atomic E-state index is 13.9. The van der Waals surface area contributed by atoms with Crippen molar-refractivity contribution in [1.29, 1.82) is 0 Å². The number of carbonyl (C=O) groups excluding carboxylic acids is 4. The predicted molar refractivity (Wildman–Crippen MR) is 247 cm³/mol. The van der Waals surface area contributed by atoms with E-state index in [0.29, 0.717) is 86.8 Å². The van der Waals surface area contributed by atoms with Gasteiger partial charge in [0.15, 0.2) is 52.3 Å². The van der Waals surface area contributed by atoms with Crippen molar-refractivity contribution < 1.29 is 38.1 Å². The molecule has 0 fully saturated rings. The average molecular weight is 859 g/mol. The Morgan fingerprint density at radius 1 is 0.569 bits per heavy atom. The number of ether oxygens (including phenoxy) is 4. The van der Waals surface area contributed by atoms with Crippen molar-refractivity contribution in [2.75, 3.05) is 16.8 Å². The van der Waals surface area contributed by atoms with Crippen LogP contribution < -0.4 is 28.7 Å². The van der Waals surface area contributed by atoms with Crippen LogP contribution in [0.15, 0.2) is 97.1 Å². The first-order valence-electron chi connectivity index (χ1n) is 21.2. The summed E-state index contributed by atoms with van der Waals surface area (Å²) < 4.78 is 26.3. The summed E-state index contributed by atoms with van der Waals surface area (Å²) in [5.74, 6) is 7.73. The Balaban J connectivity index is 0.990. The molecule has 10 heteroatoms. The molecule has 320 valence electrons. The largest absolute Gasteiger partial charge is 0.449 e. The third kappa shape index (κ3) is 6.36. The van der Waals surface area contributed by atoms with Crippen molar-refractivity contribution in [3.8, 4) is 70.7 Å². The van der Waals surface area contributed by atoms with Gasteiger partial charge in [-0.2, -0.15) is 0 Å². The van der Waals surface area contributed by atoms with Crippen LogP contribution in [0.3, 0.4) is 0 Å². The van der Waals surface area contributed by atoms with Gasteiger partial charge in [-0.3, -0.25) is 19.2 Å². The number of terminal acetylenes is 2. The number of nitrogens with zero attached hydrogens (tertiary/aromatic N) is 2. The van der Waals surface area contributed by atoms with Gasteiger partial charge in [0.25, 0.3) is 11.8 Å². The highest BCUT2D eigenvalue weighted by Gasteiger charge is 2.57. The first-order valence-corrected chi connectivity index (χ1v) is 21.2. The second-order valence-corrected chi connectivity index (χ2v) is 18.4. The molecule has 0 radical (unpaired) electrons. The van der Waals surface area contributed by atoms with E-state index in [1.165, 1.54) is 4.90 Å². The standard InChI is InChI=1S/C55H42N2O8/c1-9-32-11-15-35(16-12-32)56(8)51(60)38-22-46-44(20-34(38)27-58)63-49-25-41-40(24-48(49)65-46)54(6,7)29-55(41)28-53(4,5)39-23-47-50(26-42(39)55)64-45-21-37(31(3)19-43(45)62-47)52(61)57(30-59)36-17-13-33(10-2)14-18-36/h1-2,11-27,30H,28-29H2,3-8H3. The monoisotopic (exact) mass is 858 g/mol. The molecule has 4 aliphatic rings. The number of carbonyl (C=O) groups is 4. The molecular weight excluding hydrogens is 817 g/mol. The topological polar surface area (TPSA) is 112 Å². The van der Waals surface area contributed by atoms with E-state index in [2.05, 4.69) is 57.7 Å². The van der Waals surface area contributed by atoms with E-state index < -0.39 is 17.2 Å². The fraction of sp³-hybridized carbons (Fsp3) is 0.200. The summed E-state index contributed by atoms with van der Waals surface area (Å²) in [5, 5.41) is 0. The molecule has 10 nitrogen and oxygen atoms in total. The van der Waals surface area contributed by atoms with E-state index in [4.69, 9.17) is 31.8 Å². The van der Waals surface area contributed by atoms with Crippen LogP contribution >= 0.6 is 0 Å². The zero-order valence-corrected chi connectivity index (χ0v) is 36.6. The van der Waals surface area contributed by atoms with E-state index >= 15 is 0 Å². The van der Waals surface area contributed by atoms with Gasteiger partial charge in [-0.15, -0.1) is 12.8 Å². The molecule has 0 aromatic heterocycles. The molecule has 6 aromatic carbocycles. The Hall–Kier alpha value is -8.08. The van der Waals surface area contributed by atoms with Crippen molar-refractivity contribution >= 4 is 35.9 Å². The molecule has 3 amide bonds. The lowest BCUT2D eigenvalue weighted by Crippen LogP contribution is -2.30. The van der Waals surface area contributed by atoms with Crippen molar-refractivity contribution in [3.05, 3.63) is 153 Å². The van der Waals surface area contributed by atoms with Gasteiger partial charge >= 0.3 is 0 Å². The van der Waals surface area contributed by atoms with Gasteiger partial charge in [0.2, 0.25) is 6.41 Å². The fourth-order valence-corrected chi connectivity index (χ4v) is 10.3. The average Bonchev–Trinajstić information content (AvgIpc) is 3.65. The third-order valence-corrected chi connectivity index (χ3v) is 13.4. The number of rotatable bonds is 6. The number of benzene rings is 6. The maximum Gasteiger partial charge on any atom is 0.265 e. The minimum absolute atomic E-state index is 0.162. The number of amides is 3. The van der Waals surface area contributed by atoms with Crippen LogP contribution in [0.5, 0.6) is 46.0 Å².